The molecule has 0 unspecified atom stereocenters. The van der Waals surface area contributed by atoms with Crippen LogP contribution in [0.15, 0.2) is 18.3 Å². The van der Waals surface area contributed by atoms with Gasteiger partial charge < -0.3 is 14.4 Å². The van der Waals surface area contributed by atoms with Crippen molar-refractivity contribution in [2.45, 2.75) is 38.5 Å². The Morgan fingerprint density at radius 3 is 2.35 bits per heavy atom. The van der Waals surface area contributed by atoms with Crippen LogP contribution in [0.3, 0.4) is 0 Å². The van der Waals surface area contributed by atoms with Crippen LogP contribution in [0.1, 0.15) is 49.0 Å². The van der Waals surface area contributed by atoms with E-state index in [2.05, 4.69) is 0 Å². The first kappa shape index (κ1) is 16.1. The van der Waals surface area contributed by atoms with Gasteiger partial charge in [0.1, 0.15) is 5.69 Å². The average Bonchev–Trinajstić information content (AvgIpc) is 3.23. The predicted molar refractivity (Wildman–Crippen MR) is 89.1 cm³/mol. The number of amides is 2. The van der Waals surface area contributed by atoms with Crippen molar-refractivity contribution in [3.8, 4) is 0 Å². The molecule has 0 spiro atoms. The summed E-state index contributed by atoms with van der Waals surface area (Å²) in [7, 11) is 1.88. The summed E-state index contributed by atoms with van der Waals surface area (Å²) < 4.78 is 1.85. The molecule has 0 aromatic carbocycles. The van der Waals surface area contributed by atoms with Gasteiger partial charge in [0.05, 0.1) is 0 Å². The Morgan fingerprint density at radius 1 is 1.09 bits per heavy atom. The Morgan fingerprint density at radius 2 is 1.74 bits per heavy atom. The summed E-state index contributed by atoms with van der Waals surface area (Å²) in [6.07, 6.45) is 8.86. The lowest BCUT2D eigenvalue weighted by Crippen LogP contribution is -2.50. The lowest BCUT2D eigenvalue weighted by Gasteiger charge is -2.35. The van der Waals surface area contributed by atoms with Crippen molar-refractivity contribution in [1.82, 2.24) is 14.4 Å². The van der Waals surface area contributed by atoms with Gasteiger partial charge in [-0.3, -0.25) is 9.59 Å². The highest BCUT2D eigenvalue weighted by atomic mass is 16.2. The largest absolute Gasteiger partial charge is 0.347 e. The molecule has 0 atom stereocenters. The van der Waals surface area contributed by atoms with E-state index in [0.717, 1.165) is 12.3 Å². The standard InChI is InChI=1S/C18H27N3O2/c1-19-10-4-7-16(19)18(23)21-13-11-20(12-14-21)17(22)9-8-15-5-2-3-6-15/h4,7,10,15H,2-3,5-6,8-9,11-14H2,1H3. The van der Waals surface area contributed by atoms with Crippen molar-refractivity contribution in [3.05, 3.63) is 24.0 Å². The molecule has 0 N–H and O–H groups in total. The number of aromatic nitrogens is 1. The molecule has 5 heteroatoms. The Hall–Kier alpha value is -1.78. The minimum atomic E-state index is 0.0653. The Labute approximate surface area is 138 Å². The number of hydrogen-bond acceptors (Lipinski definition) is 2. The molecule has 23 heavy (non-hydrogen) atoms. The Bertz CT molecular complexity index is 552. The molecule has 2 heterocycles. The maximum Gasteiger partial charge on any atom is 0.270 e. The third-order valence-electron chi connectivity index (χ3n) is 5.32. The van der Waals surface area contributed by atoms with Gasteiger partial charge in [-0.1, -0.05) is 25.7 Å². The lowest BCUT2D eigenvalue weighted by atomic mass is 10.0. The first-order chi connectivity index (χ1) is 11.1. The summed E-state index contributed by atoms with van der Waals surface area (Å²) in [5, 5.41) is 0. The first-order valence-electron chi connectivity index (χ1n) is 8.83. The van der Waals surface area contributed by atoms with Crippen LogP contribution in [-0.2, 0) is 11.8 Å². The fourth-order valence-electron chi connectivity index (χ4n) is 3.79. The summed E-state index contributed by atoms with van der Waals surface area (Å²) in [5.74, 6) is 1.09. The molecule has 1 saturated carbocycles. The molecule has 1 aliphatic heterocycles. The van der Waals surface area contributed by atoms with E-state index in [1.165, 1.54) is 25.7 Å². The van der Waals surface area contributed by atoms with E-state index in [1.807, 2.05) is 39.7 Å². The molecule has 1 aliphatic carbocycles. The second kappa shape index (κ2) is 7.20. The monoisotopic (exact) mass is 317 g/mol. The van der Waals surface area contributed by atoms with Crippen LogP contribution in [0.5, 0.6) is 0 Å². The van der Waals surface area contributed by atoms with Crippen LogP contribution < -0.4 is 0 Å². The van der Waals surface area contributed by atoms with E-state index in [1.54, 1.807) is 0 Å². The topological polar surface area (TPSA) is 45.6 Å². The highest BCUT2D eigenvalue weighted by Gasteiger charge is 2.26. The van der Waals surface area contributed by atoms with Crippen LogP contribution in [0.4, 0.5) is 0 Å². The van der Waals surface area contributed by atoms with Crippen molar-refractivity contribution in [3.63, 3.8) is 0 Å². The van der Waals surface area contributed by atoms with Crippen molar-refractivity contribution < 1.29 is 9.59 Å². The van der Waals surface area contributed by atoms with Crippen LogP contribution in [0.25, 0.3) is 0 Å². The van der Waals surface area contributed by atoms with Gasteiger partial charge in [-0.05, 0) is 24.5 Å². The van der Waals surface area contributed by atoms with Crippen LogP contribution >= 0.6 is 0 Å². The van der Waals surface area contributed by atoms with Gasteiger partial charge in [0.2, 0.25) is 5.91 Å². The average molecular weight is 317 g/mol. The third-order valence-corrected chi connectivity index (χ3v) is 5.32. The SMILES string of the molecule is Cn1cccc1C(=O)N1CCN(C(=O)CCC2CCCC2)CC1. The van der Waals surface area contributed by atoms with Crippen molar-refractivity contribution in [1.29, 1.82) is 0 Å². The Kier molecular flexibility index (Phi) is 5.03. The summed E-state index contributed by atoms with van der Waals surface area (Å²) >= 11 is 0. The predicted octanol–water partition coefficient (Wildman–Crippen LogP) is 2.28. The van der Waals surface area contributed by atoms with Crippen LogP contribution in [0.2, 0.25) is 0 Å². The summed E-state index contributed by atoms with van der Waals surface area (Å²) in [5.41, 5.74) is 0.714. The van der Waals surface area contributed by atoms with E-state index >= 15 is 0 Å². The molecule has 1 aromatic heterocycles. The summed E-state index contributed by atoms with van der Waals surface area (Å²) in [6, 6.07) is 3.73. The zero-order chi connectivity index (χ0) is 16.2. The molecule has 1 saturated heterocycles. The van der Waals surface area contributed by atoms with Gasteiger partial charge >= 0.3 is 0 Å². The molecule has 5 nitrogen and oxygen atoms in total. The minimum absolute atomic E-state index is 0.0653. The number of piperazine rings is 1. The fourth-order valence-corrected chi connectivity index (χ4v) is 3.79. The number of rotatable bonds is 4. The molecule has 3 rings (SSSR count). The molecule has 0 radical (unpaired) electrons. The zero-order valence-corrected chi connectivity index (χ0v) is 14.0. The molecular weight excluding hydrogens is 290 g/mol. The van der Waals surface area contributed by atoms with Crippen molar-refractivity contribution in [2.24, 2.45) is 13.0 Å². The highest BCUT2D eigenvalue weighted by Crippen LogP contribution is 2.28. The van der Waals surface area contributed by atoms with Crippen LogP contribution in [0, 0.1) is 5.92 Å². The number of nitrogens with zero attached hydrogens (tertiary/aromatic N) is 3. The van der Waals surface area contributed by atoms with E-state index in [4.69, 9.17) is 0 Å². The number of aryl methyl sites for hydroxylation is 1. The normalized spacial score (nSPS) is 19.3. The van der Waals surface area contributed by atoms with Gasteiger partial charge in [0.25, 0.3) is 5.91 Å². The molecule has 1 aromatic rings. The minimum Gasteiger partial charge on any atom is -0.347 e. The maximum absolute atomic E-state index is 12.5. The van der Waals surface area contributed by atoms with Gasteiger partial charge in [0.15, 0.2) is 0 Å². The third kappa shape index (κ3) is 3.77. The second-order valence-corrected chi connectivity index (χ2v) is 6.87. The van der Waals surface area contributed by atoms with Gasteiger partial charge in [-0.25, -0.2) is 0 Å². The van der Waals surface area contributed by atoms with E-state index in [0.29, 0.717) is 38.3 Å². The highest BCUT2D eigenvalue weighted by molar-refractivity contribution is 5.93. The van der Waals surface area contributed by atoms with Gasteiger partial charge in [-0.15, -0.1) is 0 Å². The van der Waals surface area contributed by atoms with E-state index in [9.17, 15) is 9.59 Å². The second-order valence-electron chi connectivity index (χ2n) is 6.87. The molecular formula is C18H27N3O2. The quantitative estimate of drug-likeness (QED) is 0.855. The number of carbonyl (C=O) groups excluding carboxylic acids is 2. The van der Waals surface area contributed by atoms with E-state index in [-0.39, 0.29) is 11.8 Å². The summed E-state index contributed by atoms with van der Waals surface area (Å²) in [6.45, 7) is 2.61. The molecule has 2 amide bonds. The molecule has 2 fully saturated rings. The van der Waals surface area contributed by atoms with Crippen LogP contribution in [-0.4, -0.2) is 52.4 Å². The van der Waals surface area contributed by atoms with E-state index < -0.39 is 0 Å². The van der Waals surface area contributed by atoms with Gasteiger partial charge in [-0.2, -0.15) is 0 Å². The fraction of sp³-hybridized carbons (Fsp3) is 0.667. The van der Waals surface area contributed by atoms with Gasteiger partial charge in [0, 0.05) is 45.8 Å². The summed E-state index contributed by atoms with van der Waals surface area (Å²) in [4.78, 5) is 28.6. The maximum atomic E-state index is 12.5. The smallest absolute Gasteiger partial charge is 0.270 e. The lowest BCUT2D eigenvalue weighted by molar-refractivity contribution is -0.133. The molecule has 0 bridgehead atoms. The first-order valence-corrected chi connectivity index (χ1v) is 8.83. The molecule has 126 valence electrons. The number of hydrogen-bond donors (Lipinski definition) is 0. The zero-order valence-electron chi connectivity index (χ0n) is 14.0. The van der Waals surface area contributed by atoms with Crippen molar-refractivity contribution in [2.75, 3.05) is 26.2 Å². The Balaban J connectivity index is 1.45. The van der Waals surface area contributed by atoms with Crippen molar-refractivity contribution >= 4 is 11.8 Å². The molecule has 2 aliphatic rings. The number of carbonyl (C=O) groups is 2.